The summed E-state index contributed by atoms with van der Waals surface area (Å²) < 4.78 is 28.6. The number of nitrogens with zero attached hydrogens (tertiary/aromatic N) is 1. The summed E-state index contributed by atoms with van der Waals surface area (Å²) >= 11 is 1.25. The first kappa shape index (κ1) is 13.3. The van der Waals surface area contributed by atoms with Crippen molar-refractivity contribution in [1.82, 2.24) is 0 Å². The number of rotatable bonds is 2. The number of fused-ring (bicyclic) bond motifs is 1. The molecule has 0 radical (unpaired) electrons. The molecule has 1 aliphatic heterocycles. The highest BCUT2D eigenvalue weighted by molar-refractivity contribution is 7.92. The largest absolute Gasteiger partial charge is 0.341 e. The third-order valence-corrected chi connectivity index (χ3v) is 6.00. The van der Waals surface area contributed by atoms with Crippen molar-refractivity contribution in [2.24, 2.45) is 10.3 Å². The van der Waals surface area contributed by atoms with Gasteiger partial charge >= 0.3 is 0 Å². The number of hydrogen-bond acceptors (Lipinski definition) is 4. The molecule has 104 valence electrons. The molecule has 0 saturated heterocycles. The maximum absolute atomic E-state index is 12.2. The Morgan fingerprint density at radius 3 is 2.55 bits per heavy atom. The van der Waals surface area contributed by atoms with Gasteiger partial charge in [-0.3, -0.25) is 0 Å². The Morgan fingerprint density at radius 2 is 1.90 bits per heavy atom. The van der Waals surface area contributed by atoms with E-state index in [1.807, 2.05) is 50.2 Å². The van der Waals surface area contributed by atoms with Crippen LogP contribution in [0.1, 0.15) is 13.8 Å². The summed E-state index contributed by atoms with van der Waals surface area (Å²) in [4.78, 5) is 0.923. The molecular formula is C14H14N2O2S2. The van der Waals surface area contributed by atoms with Crippen LogP contribution in [0.15, 0.2) is 45.0 Å². The maximum atomic E-state index is 12.2. The number of hydrogen-bond donors (Lipinski definition) is 1. The van der Waals surface area contributed by atoms with E-state index in [-0.39, 0.29) is 5.92 Å². The molecule has 0 aliphatic carbocycles. The third-order valence-electron chi connectivity index (χ3n) is 3.02. The lowest BCUT2D eigenvalue weighted by Crippen LogP contribution is -2.24. The summed E-state index contributed by atoms with van der Waals surface area (Å²) in [7, 11) is -3.58. The number of nitrogens with one attached hydrogen (secondary N) is 1. The van der Waals surface area contributed by atoms with E-state index in [4.69, 9.17) is 0 Å². The van der Waals surface area contributed by atoms with Crippen molar-refractivity contribution in [3.8, 4) is 10.4 Å². The standard InChI is InChI=1S/C14H14N2O2S2/c1-9(2)13-15-11-8-12(10-6-4-3-5-7-10)19-14(11)20(17,18)16-13/h3-9H,1-2H3,(H,15,16). The number of benzene rings is 1. The molecule has 0 spiro atoms. The molecule has 6 heteroatoms. The minimum absolute atomic E-state index is 0.0398. The zero-order chi connectivity index (χ0) is 14.3. The smallest absolute Gasteiger partial charge is 0.295 e. The first-order valence-corrected chi connectivity index (χ1v) is 8.54. The van der Waals surface area contributed by atoms with Crippen LogP contribution in [-0.4, -0.2) is 14.3 Å². The van der Waals surface area contributed by atoms with Crippen LogP contribution in [0.2, 0.25) is 0 Å². The SMILES string of the molecule is CC(C)C1=NS(=O)(=O)c2sc(-c3ccccc3)cc2N1. The predicted molar refractivity (Wildman–Crippen MR) is 82.8 cm³/mol. The molecule has 0 unspecified atom stereocenters. The lowest BCUT2D eigenvalue weighted by atomic mass is 10.2. The van der Waals surface area contributed by atoms with Crippen LogP contribution in [0.4, 0.5) is 5.69 Å². The summed E-state index contributed by atoms with van der Waals surface area (Å²) in [5.74, 6) is 0.535. The fraction of sp³-hybridized carbons (Fsp3) is 0.214. The van der Waals surface area contributed by atoms with Crippen molar-refractivity contribution < 1.29 is 8.42 Å². The minimum atomic E-state index is -3.58. The number of anilines is 1. The molecule has 2 aromatic rings. The van der Waals surface area contributed by atoms with Crippen LogP contribution in [0.5, 0.6) is 0 Å². The van der Waals surface area contributed by atoms with Gasteiger partial charge in [-0.25, -0.2) is 0 Å². The lowest BCUT2D eigenvalue weighted by Gasteiger charge is -2.17. The molecule has 0 atom stereocenters. The van der Waals surface area contributed by atoms with Crippen LogP contribution >= 0.6 is 11.3 Å². The fourth-order valence-corrected chi connectivity index (χ4v) is 4.62. The second kappa shape index (κ2) is 4.71. The first-order chi connectivity index (χ1) is 9.47. The van der Waals surface area contributed by atoms with E-state index in [9.17, 15) is 8.42 Å². The number of sulfonamides is 1. The Labute approximate surface area is 122 Å². The van der Waals surface area contributed by atoms with Crippen molar-refractivity contribution in [1.29, 1.82) is 0 Å². The molecule has 4 nitrogen and oxygen atoms in total. The molecule has 0 amide bonds. The maximum Gasteiger partial charge on any atom is 0.295 e. The molecule has 0 fully saturated rings. The normalized spacial score (nSPS) is 16.4. The molecule has 1 aromatic heterocycles. The van der Waals surface area contributed by atoms with Crippen LogP contribution in [-0.2, 0) is 10.0 Å². The van der Waals surface area contributed by atoms with Crippen LogP contribution in [0.3, 0.4) is 0 Å². The topological polar surface area (TPSA) is 58.5 Å². The second-order valence-corrected chi connectivity index (χ2v) is 7.76. The van der Waals surface area contributed by atoms with E-state index in [1.54, 1.807) is 0 Å². The van der Waals surface area contributed by atoms with Gasteiger partial charge in [-0.2, -0.15) is 8.42 Å². The quantitative estimate of drug-likeness (QED) is 0.922. The van der Waals surface area contributed by atoms with Gasteiger partial charge in [0.2, 0.25) is 0 Å². The van der Waals surface area contributed by atoms with E-state index < -0.39 is 10.0 Å². The minimum Gasteiger partial charge on any atom is -0.341 e. The molecule has 20 heavy (non-hydrogen) atoms. The van der Waals surface area contributed by atoms with E-state index in [1.165, 1.54) is 11.3 Å². The zero-order valence-corrected chi connectivity index (χ0v) is 12.8. The molecule has 3 rings (SSSR count). The summed E-state index contributed by atoms with van der Waals surface area (Å²) in [6, 6.07) is 11.6. The van der Waals surface area contributed by atoms with Crippen molar-refractivity contribution >= 4 is 32.9 Å². The van der Waals surface area contributed by atoms with Gasteiger partial charge in [0.25, 0.3) is 10.0 Å². The summed E-state index contributed by atoms with van der Waals surface area (Å²) in [5.41, 5.74) is 1.64. The first-order valence-electron chi connectivity index (χ1n) is 6.28. The highest BCUT2D eigenvalue weighted by Gasteiger charge is 2.29. The summed E-state index contributed by atoms with van der Waals surface area (Å²) in [6.45, 7) is 3.83. The van der Waals surface area contributed by atoms with Crippen LogP contribution < -0.4 is 5.32 Å². The molecule has 2 heterocycles. The summed E-state index contributed by atoms with van der Waals surface area (Å²) in [6.07, 6.45) is 0. The average Bonchev–Trinajstić information content (AvgIpc) is 2.84. The number of amidine groups is 1. The van der Waals surface area contributed by atoms with Gasteiger partial charge in [0.05, 0.1) is 5.69 Å². The Balaban J connectivity index is 2.10. The molecule has 1 aromatic carbocycles. The Hall–Kier alpha value is -1.66. The molecule has 0 bridgehead atoms. The Bertz CT molecular complexity index is 775. The van der Waals surface area contributed by atoms with E-state index in [0.717, 1.165) is 10.4 Å². The van der Waals surface area contributed by atoms with Crippen molar-refractivity contribution in [2.75, 3.05) is 5.32 Å². The highest BCUT2D eigenvalue weighted by Crippen LogP contribution is 2.40. The molecular weight excluding hydrogens is 292 g/mol. The van der Waals surface area contributed by atoms with Crippen molar-refractivity contribution in [3.05, 3.63) is 36.4 Å². The van der Waals surface area contributed by atoms with E-state index >= 15 is 0 Å². The Kier molecular flexibility index (Phi) is 3.14. The summed E-state index contributed by atoms with van der Waals surface area (Å²) in [5, 5.41) is 3.12. The van der Waals surface area contributed by atoms with E-state index in [0.29, 0.717) is 15.7 Å². The number of thiophene rings is 1. The zero-order valence-electron chi connectivity index (χ0n) is 11.1. The monoisotopic (exact) mass is 306 g/mol. The van der Waals surface area contributed by atoms with Gasteiger partial charge in [-0.05, 0) is 11.6 Å². The second-order valence-electron chi connectivity index (χ2n) is 4.91. The van der Waals surface area contributed by atoms with Crippen molar-refractivity contribution in [3.63, 3.8) is 0 Å². The Morgan fingerprint density at radius 1 is 1.20 bits per heavy atom. The highest BCUT2D eigenvalue weighted by atomic mass is 32.2. The van der Waals surface area contributed by atoms with Gasteiger partial charge < -0.3 is 5.32 Å². The van der Waals surface area contributed by atoms with Crippen LogP contribution in [0.25, 0.3) is 10.4 Å². The average molecular weight is 306 g/mol. The molecule has 1 N–H and O–H groups in total. The van der Waals surface area contributed by atoms with Gasteiger partial charge in [-0.1, -0.05) is 44.2 Å². The van der Waals surface area contributed by atoms with Gasteiger partial charge in [-0.15, -0.1) is 15.7 Å². The van der Waals surface area contributed by atoms with Gasteiger partial charge in [0.1, 0.15) is 5.84 Å². The predicted octanol–water partition coefficient (Wildman–Crippen LogP) is 3.58. The molecule has 0 saturated carbocycles. The van der Waals surface area contributed by atoms with Crippen molar-refractivity contribution in [2.45, 2.75) is 18.1 Å². The van der Waals surface area contributed by atoms with Gasteiger partial charge in [0.15, 0.2) is 4.21 Å². The lowest BCUT2D eigenvalue weighted by molar-refractivity contribution is 0.599. The molecule has 1 aliphatic rings. The fourth-order valence-electron chi connectivity index (χ4n) is 1.98. The third kappa shape index (κ3) is 2.25. The van der Waals surface area contributed by atoms with Gasteiger partial charge in [0, 0.05) is 10.8 Å². The van der Waals surface area contributed by atoms with E-state index in [2.05, 4.69) is 9.71 Å². The van der Waals surface area contributed by atoms with Crippen LogP contribution in [0, 0.1) is 5.92 Å².